The quantitative estimate of drug-likeness (QED) is 0.469. The molecule has 120 valence electrons. The lowest BCUT2D eigenvalue weighted by molar-refractivity contribution is -0.122. The largest absolute Gasteiger partial charge is 0.405 e. The van der Waals surface area contributed by atoms with E-state index in [1.807, 2.05) is 6.07 Å². The minimum absolute atomic E-state index is 0.119. The van der Waals surface area contributed by atoms with E-state index in [-0.39, 0.29) is 5.82 Å². The number of anilines is 1. The van der Waals surface area contributed by atoms with Gasteiger partial charge in [-0.25, -0.2) is 14.1 Å². The number of rotatable bonds is 6. The Bertz CT molecular complexity index is 548. The minimum Gasteiger partial charge on any atom is -0.328 e. The van der Waals surface area contributed by atoms with Gasteiger partial charge in [0, 0.05) is 12.2 Å². The van der Waals surface area contributed by atoms with Crippen molar-refractivity contribution in [1.82, 2.24) is 10.3 Å². The summed E-state index contributed by atoms with van der Waals surface area (Å²) in [7, 11) is 0. The SMILES string of the molecule is N#CCCCSc1cccc(N(S)C(=O)NCC(F)(F)F)n1. The van der Waals surface area contributed by atoms with Gasteiger partial charge in [0.2, 0.25) is 0 Å². The summed E-state index contributed by atoms with van der Waals surface area (Å²) in [5, 5.41) is 10.7. The molecule has 0 unspecified atom stereocenters. The Morgan fingerprint density at radius 3 is 2.86 bits per heavy atom. The van der Waals surface area contributed by atoms with Gasteiger partial charge in [0.25, 0.3) is 0 Å². The van der Waals surface area contributed by atoms with E-state index >= 15 is 0 Å². The molecule has 1 N–H and O–H groups in total. The molecule has 1 heterocycles. The molecule has 0 radical (unpaired) electrons. The highest BCUT2D eigenvalue weighted by Crippen LogP contribution is 2.22. The first-order chi connectivity index (χ1) is 10.3. The molecule has 0 aliphatic rings. The Morgan fingerprint density at radius 2 is 2.23 bits per heavy atom. The van der Waals surface area contributed by atoms with Gasteiger partial charge >= 0.3 is 12.2 Å². The minimum atomic E-state index is -4.49. The van der Waals surface area contributed by atoms with Crippen LogP contribution < -0.4 is 9.62 Å². The molecule has 5 nitrogen and oxygen atoms in total. The van der Waals surface area contributed by atoms with Crippen molar-refractivity contribution < 1.29 is 18.0 Å². The van der Waals surface area contributed by atoms with Gasteiger partial charge in [0.15, 0.2) is 0 Å². The Balaban J connectivity index is 2.60. The third kappa shape index (κ3) is 6.91. The van der Waals surface area contributed by atoms with E-state index in [9.17, 15) is 18.0 Å². The number of nitrogens with one attached hydrogen (secondary N) is 1. The number of carbonyl (C=O) groups excluding carboxylic acids is 1. The number of amides is 2. The van der Waals surface area contributed by atoms with E-state index in [0.717, 1.165) is 0 Å². The van der Waals surface area contributed by atoms with E-state index in [4.69, 9.17) is 5.26 Å². The molecule has 1 aromatic rings. The van der Waals surface area contributed by atoms with Crippen LogP contribution in [-0.4, -0.2) is 29.5 Å². The summed E-state index contributed by atoms with van der Waals surface area (Å²) in [6.45, 7) is -1.44. The summed E-state index contributed by atoms with van der Waals surface area (Å²) in [5.74, 6) is 0.796. The number of nitriles is 1. The molecule has 1 rings (SSSR count). The van der Waals surface area contributed by atoms with E-state index < -0.39 is 18.8 Å². The summed E-state index contributed by atoms with van der Waals surface area (Å²) in [4.78, 5) is 15.7. The zero-order valence-electron chi connectivity index (χ0n) is 11.3. The smallest absolute Gasteiger partial charge is 0.328 e. The second kappa shape index (κ2) is 8.75. The number of urea groups is 1. The lowest BCUT2D eigenvalue weighted by atomic mass is 10.4. The van der Waals surface area contributed by atoms with Gasteiger partial charge in [-0.2, -0.15) is 18.4 Å². The van der Waals surface area contributed by atoms with Crippen LogP contribution in [0.2, 0.25) is 0 Å². The third-order valence-corrected chi connectivity index (χ3v) is 3.64. The second-order valence-electron chi connectivity index (χ2n) is 4.03. The number of alkyl halides is 3. The first kappa shape index (κ1) is 18.4. The van der Waals surface area contributed by atoms with Crippen LogP contribution in [0.1, 0.15) is 12.8 Å². The molecular formula is C12H13F3N4OS2. The zero-order valence-corrected chi connectivity index (χ0v) is 13.0. The summed E-state index contributed by atoms with van der Waals surface area (Å²) in [5.41, 5.74) is 0. The van der Waals surface area contributed by atoms with Gasteiger partial charge in [0.05, 0.1) is 11.1 Å². The Labute approximate surface area is 135 Å². The van der Waals surface area contributed by atoms with E-state index in [2.05, 4.69) is 17.8 Å². The van der Waals surface area contributed by atoms with Crippen LogP contribution in [-0.2, 0) is 0 Å². The Hall–Kier alpha value is -1.60. The van der Waals surface area contributed by atoms with E-state index in [1.165, 1.54) is 17.8 Å². The maximum absolute atomic E-state index is 12.0. The monoisotopic (exact) mass is 350 g/mol. The Kier molecular flexibility index (Phi) is 7.34. The molecule has 22 heavy (non-hydrogen) atoms. The number of nitrogens with zero attached hydrogens (tertiary/aromatic N) is 3. The molecule has 0 aliphatic carbocycles. The van der Waals surface area contributed by atoms with Gasteiger partial charge in [-0.1, -0.05) is 18.9 Å². The van der Waals surface area contributed by atoms with Crippen molar-refractivity contribution in [3.05, 3.63) is 18.2 Å². The van der Waals surface area contributed by atoms with Crippen LogP contribution >= 0.6 is 24.6 Å². The molecule has 0 saturated heterocycles. The molecule has 0 aromatic carbocycles. The molecule has 0 fully saturated rings. The molecule has 0 aliphatic heterocycles. The number of unbranched alkanes of at least 4 members (excludes halogenated alkanes) is 1. The molecule has 1 aromatic heterocycles. The van der Waals surface area contributed by atoms with Crippen LogP contribution in [0.5, 0.6) is 0 Å². The molecule has 2 amide bonds. The van der Waals surface area contributed by atoms with Crippen molar-refractivity contribution in [1.29, 1.82) is 5.26 Å². The Morgan fingerprint density at radius 1 is 1.50 bits per heavy atom. The summed E-state index contributed by atoms with van der Waals surface area (Å²) in [6, 6.07) is 5.79. The highest BCUT2D eigenvalue weighted by molar-refractivity contribution is 7.99. The van der Waals surface area contributed by atoms with Crippen LogP contribution in [0, 0.1) is 11.3 Å². The first-order valence-corrected chi connectivity index (χ1v) is 7.52. The summed E-state index contributed by atoms with van der Waals surface area (Å²) in [6.07, 6.45) is -3.36. The van der Waals surface area contributed by atoms with E-state index in [0.29, 0.717) is 27.9 Å². The average molecular weight is 350 g/mol. The van der Waals surface area contributed by atoms with Gasteiger partial charge < -0.3 is 5.32 Å². The predicted molar refractivity (Wildman–Crippen MR) is 80.7 cm³/mol. The highest BCUT2D eigenvalue weighted by atomic mass is 32.2. The van der Waals surface area contributed by atoms with Crippen molar-refractivity contribution in [2.24, 2.45) is 0 Å². The number of thioether (sulfide) groups is 1. The van der Waals surface area contributed by atoms with Crippen molar-refractivity contribution >= 4 is 36.4 Å². The fourth-order valence-corrected chi connectivity index (χ4v) is 2.30. The number of carbonyl (C=O) groups is 1. The van der Waals surface area contributed by atoms with Crippen molar-refractivity contribution in [3.63, 3.8) is 0 Å². The first-order valence-electron chi connectivity index (χ1n) is 6.14. The molecule has 0 atom stereocenters. The predicted octanol–water partition coefficient (Wildman–Crippen LogP) is 3.40. The van der Waals surface area contributed by atoms with Crippen molar-refractivity contribution in [2.75, 3.05) is 16.6 Å². The number of pyridine rings is 1. The molecular weight excluding hydrogens is 337 g/mol. The number of aromatic nitrogens is 1. The number of hydrogen-bond donors (Lipinski definition) is 2. The fourth-order valence-electron chi connectivity index (χ4n) is 1.29. The van der Waals surface area contributed by atoms with Crippen LogP contribution in [0.15, 0.2) is 23.2 Å². The van der Waals surface area contributed by atoms with Gasteiger partial charge in [-0.15, -0.1) is 11.8 Å². The summed E-state index contributed by atoms with van der Waals surface area (Å²) >= 11 is 5.24. The molecule has 0 spiro atoms. The average Bonchev–Trinajstić information content (AvgIpc) is 2.48. The molecule has 0 saturated carbocycles. The second-order valence-corrected chi connectivity index (χ2v) is 5.55. The van der Waals surface area contributed by atoms with E-state index in [1.54, 1.807) is 17.4 Å². The number of hydrogen-bond acceptors (Lipinski definition) is 5. The van der Waals surface area contributed by atoms with Crippen molar-refractivity contribution in [3.8, 4) is 6.07 Å². The van der Waals surface area contributed by atoms with Crippen LogP contribution in [0.4, 0.5) is 23.8 Å². The lowest BCUT2D eigenvalue weighted by Gasteiger charge is -2.16. The van der Waals surface area contributed by atoms with Gasteiger partial charge in [-0.3, -0.25) is 0 Å². The standard InChI is InChI=1S/C12H13F3N4OS2/c13-12(14,15)8-17-11(20)19(21)9-4-3-5-10(18-9)22-7-2-1-6-16/h3-5,21H,1-2,7-8H2,(H,17,20). The maximum Gasteiger partial charge on any atom is 0.405 e. The molecule has 10 heteroatoms. The summed E-state index contributed by atoms with van der Waals surface area (Å²) < 4.78 is 36.9. The topological polar surface area (TPSA) is 69.0 Å². The lowest BCUT2D eigenvalue weighted by Crippen LogP contribution is -2.40. The number of thiol groups is 1. The van der Waals surface area contributed by atoms with Crippen LogP contribution in [0.3, 0.4) is 0 Å². The normalized spacial score (nSPS) is 10.9. The zero-order chi connectivity index (χ0) is 16.6. The maximum atomic E-state index is 12.0. The highest BCUT2D eigenvalue weighted by Gasteiger charge is 2.28. The number of halogens is 3. The van der Waals surface area contributed by atoms with Crippen molar-refractivity contribution in [2.45, 2.75) is 24.0 Å². The van der Waals surface area contributed by atoms with Gasteiger partial charge in [-0.05, 0) is 18.6 Å². The van der Waals surface area contributed by atoms with Gasteiger partial charge in [0.1, 0.15) is 12.4 Å². The fraction of sp³-hybridized carbons (Fsp3) is 0.417. The third-order valence-electron chi connectivity index (χ3n) is 2.24. The van der Waals surface area contributed by atoms with Crippen LogP contribution in [0.25, 0.3) is 0 Å². The molecule has 0 bridgehead atoms.